The summed E-state index contributed by atoms with van der Waals surface area (Å²) < 4.78 is 5.46. The van der Waals surface area contributed by atoms with Crippen molar-refractivity contribution in [2.24, 2.45) is 0 Å². The van der Waals surface area contributed by atoms with E-state index in [1.54, 1.807) is 0 Å². The molecule has 0 aliphatic heterocycles. The number of nitrogens with one attached hydrogen (secondary N) is 1. The summed E-state index contributed by atoms with van der Waals surface area (Å²) in [6, 6.07) is -0.552. The van der Waals surface area contributed by atoms with Crippen LogP contribution >= 0.6 is 0 Å². The molecule has 1 amide bonds. The summed E-state index contributed by atoms with van der Waals surface area (Å²) in [5.74, 6) is -0.0526. The van der Waals surface area contributed by atoms with Crippen molar-refractivity contribution in [1.29, 1.82) is 0 Å². The standard InChI is InChI=1S/C59H117NO5/c1-3-5-7-9-11-13-15-17-18-19-20-21-22-23-24-25-26-27-28-31-35-39-43-47-51-57(62)56(55-61)60-58(63)52-48-44-40-36-32-29-30-34-38-42-46-50-54-65-59(64)53-49-45-41-37-33-16-14-12-10-8-6-4-2/h56-57,61-62H,3-55H2,1-2H3,(H,60,63). The summed E-state index contributed by atoms with van der Waals surface area (Å²) in [5.41, 5.74) is 0. The van der Waals surface area contributed by atoms with E-state index >= 15 is 0 Å². The van der Waals surface area contributed by atoms with Crippen molar-refractivity contribution in [3.63, 3.8) is 0 Å². The number of esters is 1. The number of carbonyl (C=O) groups is 2. The maximum Gasteiger partial charge on any atom is 0.305 e. The van der Waals surface area contributed by atoms with Gasteiger partial charge in [0.05, 0.1) is 25.4 Å². The quantitative estimate of drug-likeness (QED) is 0.0417. The second-order valence-corrected chi connectivity index (χ2v) is 20.7. The maximum atomic E-state index is 12.5. The molecular weight excluding hydrogens is 803 g/mol. The molecule has 0 aromatic carbocycles. The Morgan fingerprint density at radius 3 is 0.938 bits per heavy atom. The van der Waals surface area contributed by atoms with Gasteiger partial charge in [-0.1, -0.05) is 303 Å². The lowest BCUT2D eigenvalue weighted by Crippen LogP contribution is -2.45. The highest BCUT2D eigenvalue weighted by Crippen LogP contribution is 2.18. The number of carbonyl (C=O) groups excluding carboxylic acids is 2. The number of rotatable bonds is 56. The molecule has 0 aliphatic rings. The van der Waals surface area contributed by atoms with Crippen LogP contribution in [-0.2, 0) is 14.3 Å². The van der Waals surface area contributed by atoms with Gasteiger partial charge in [0.1, 0.15) is 0 Å². The van der Waals surface area contributed by atoms with Crippen LogP contribution in [-0.4, -0.2) is 47.4 Å². The van der Waals surface area contributed by atoms with Crippen molar-refractivity contribution >= 4 is 11.9 Å². The molecule has 388 valence electrons. The van der Waals surface area contributed by atoms with E-state index in [0.717, 1.165) is 57.8 Å². The lowest BCUT2D eigenvalue weighted by molar-refractivity contribution is -0.143. The zero-order valence-electron chi connectivity index (χ0n) is 44.3. The van der Waals surface area contributed by atoms with Gasteiger partial charge in [-0.3, -0.25) is 9.59 Å². The van der Waals surface area contributed by atoms with Crippen molar-refractivity contribution in [3.8, 4) is 0 Å². The molecule has 0 radical (unpaired) electrons. The van der Waals surface area contributed by atoms with Crippen LogP contribution in [0.25, 0.3) is 0 Å². The minimum Gasteiger partial charge on any atom is -0.466 e. The zero-order chi connectivity index (χ0) is 47.2. The van der Waals surface area contributed by atoms with Gasteiger partial charge in [0.2, 0.25) is 5.91 Å². The molecule has 0 aromatic heterocycles. The predicted octanol–water partition coefficient (Wildman–Crippen LogP) is 18.3. The van der Waals surface area contributed by atoms with Gasteiger partial charge >= 0.3 is 5.97 Å². The highest BCUT2D eigenvalue weighted by Gasteiger charge is 2.20. The Bertz CT molecular complexity index is 928. The summed E-state index contributed by atoms with van der Waals surface area (Å²) in [4.78, 5) is 24.5. The number of hydrogen-bond donors (Lipinski definition) is 3. The van der Waals surface area contributed by atoms with Gasteiger partial charge in [0.15, 0.2) is 0 Å². The highest BCUT2D eigenvalue weighted by atomic mass is 16.5. The minimum absolute atomic E-state index is 0.00696. The first kappa shape index (κ1) is 63.9. The van der Waals surface area contributed by atoms with Gasteiger partial charge in [-0.15, -0.1) is 0 Å². The fourth-order valence-corrected chi connectivity index (χ4v) is 9.58. The molecule has 2 unspecified atom stereocenters. The second-order valence-electron chi connectivity index (χ2n) is 20.7. The molecule has 0 fully saturated rings. The third-order valence-corrected chi connectivity index (χ3v) is 14.2. The first-order valence-electron chi connectivity index (χ1n) is 29.8. The molecule has 3 N–H and O–H groups in total. The molecule has 0 saturated carbocycles. The molecule has 65 heavy (non-hydrogen) atoms. The monoisotopic (exact) mass is 920 g/mol. The number of hydrogen-bond acceptors (Lipinski definition) is 5. The number of ether oxygens (including phenoxy) is 1. The van der Waals surface area contributed by atoms with Crippen molar-refractivity contribution < 1.29 is 24.5 Å². The average molecular weight is 921 g/mol. The summed E-state index contributed by atoms with van der Waals surface area (Å²) >= 11 is 0. The van der Waals surface area contributed by atoms with Crippen LogP contribution in [0.3, 0.4) is 0 Å². The van der Waals surface area contributed by atoms with Gasteiger partial charge in [-0.05, 0) is 25.7 Å². The van der Waals surface area contributed by atoms with E-state index in [2.05, 4.69) is 19.2 Å². The summed E-state index contributed by atoms with van der Waals surface area (Å²) in [6.07, 6.45) is 63.8. The summed E-state index contributed by atoms with van der Waals surface area (Å²) in [6.45, 7) is 4.95. The number of amides is 1. The third kappa shape index (κ3) is 52.1. The van der Waals surface area contributed by atoms with Crippen LogP contribution in [0.2, 0.25) is 0 Å². The summed E-state index contributed by atoms with van der Waals surface area (Å²) in [5, 5.41) is 23.4. The lowest BCUT2D eigenvalue weighted by Gasteiger charge is -2.22. The molecule has 0 heterocycles. The summed E-state index contributed by atoms with van der Waals surface area (Å²) in [7, 11) is 0. The predicted molar refractivity (Wildman–Crippen MR) is 283 cm³/mol. The van der Waals surface area contributed by atoms with Gasteiger partial charge in [-0.25, -0.2) is 0 Å². The van der Waals surface area contributed by atoms with Gasteiger partial charge in [0.25, 0.3) is 0 Å². The smallest absolute Gasteiger partial charge is 0.305 e. The van der Waals surface area contributed by atoms with E-state index in [-0.39, 0.29) is 18.5 Å². The molecule has 6 heteroatoms. The Hall–Kier alpha value is -1.14. The van der Waals surface area contributed by atoms with Gasteiger partial charge in [-0.2, -0.15) is 0 Å². The molecule has 2 atom stereocenters. The fraction of sp³-hybridized carbons (Fsp3) is 0.966. The van der Waals surface area contributed by atoms with Crippen molar-refractivity contribution in [2.75, 3.05) is 13.2 Å². The second kappa shape index (κ2) is 55.5. The van der Waals surface area contributed by atoms with Crippen LogP contribution in [0.1, 0.15) is 341 Å². The average Bonchev–Trinajstić information content (AvgIpc) is 3.31. The lowest BCUT2D eigenvalue weighted by atomic mass is 10.0. The largest absolute Gasteiger partial charge is 0.466 e. The van der Waals surface area contributed by atoms with Gasteiger partial charge < -0.3 is 20.3 Å². The molecule has 0 spiro atoms. The Morgan fingerprint density at radius 2 is 0.631 bits per heavy atom. The van der Waals surface area contributed by atoms with Crippen LogP contribution in [0.4, 0.5) is 0 Å². The van der Waals surface area contributed by atoms with Crippen molar-refractivity contribution in [2.45, 2.75) is 353 Å². The van der Waals surface area contributed by atoms with Crippen LogP contribution < -0.4 is 5.32 Å². The van der Waals surface area contributed by atoms with Crippen LogP contribution in [0, 0.1) is 0 Å². The van der Waals surface area contributed by atoms with E-state index in [0.29, 0.717) is 25.9 Å². The number of aliphatic hydroxyl groups is 2. The molecule has 6 nitrogen and oxygen atoms in total. The molecule has 0 bridgehead atoms. The third-order valence-electron chi connectivity index (χ3n) is 14.2. The van der Waals surface area contributed by atoms with Crippen LogP contribution in [0.15, 0.2) is 0 Å². The van der Waals surface area contributed by atoms with E-state index in [1.165, 1.54) is 250 Å². The van der Waals surface area contributed by atoms with Crippen molar-refractivity contribution in [1.82, 2.24) is 5.32 Å². The Balaban J connectivity index is 3.43. The SMILES string of the molecule is CCCCCCCCCCCCCCCCCCCCCCCCCCC(O)C(CO)NC(=O)CCCCCCCCCCCCCCOC(=O)CCCCCCCCCCCCCC. The fourth-order valence-electron chi connectivity index (χ4n) is 9.58. The Morgan fingerprint density at radius 1 is 0.369 bits per heavy atom. The van der Waals surface area contributed by atoms with Crippen LogP contribution in [0.5, 0.6) is 0 Å². The highest BCUT2D eigenvalue weighted by molar-refractivity contribution is 5.76. The Labute approximate surface area is 406 Å². The molecule has 0 saturated heterocycles. The van der Waals surface area contributed by atoms with E-state index in [4.69, 9.17) is 4.74 Å². The minimum atomic E-state index is -0.674. The topological polar surface area (TPSA) is 95.9 Å². The van der Waals surface area contributed by atoms with E-state index in [9.17, 15) is 19.8 Å². The van der Waals surface area contributed by atoms with Crippen molar-refractivity contribution in [3.05, 3.63) is 0 Å². The molecule has 0 aliphatic carbocycles. The van der Waals surface area contributed by atoms with E-state index < -0.39 is 12.1 Å². The molecular formula is C59H117NO5. The number of aliphatic hydroxyl groups excluding tert-OH is 2. The Kier molecular flexibility index (Phi) is 54.5. The normalized spacial score (nSPS) is 12.5. The van der Waals surface area contributed by atoms with Gasteiger partial charge in [0, 0.05) is 12.8 Å². The zero-order valence-corrected chi connectivity index (χ0v) is 44.3. The maximum absolute atomic E-state index is 12.5. The molecule has 0 rings (SSSR count). The van der Waals surface area contributed by atoms with E-state index in [1.807, 2.05) is 0 Å². The molecule has 0 aromatic rings. The number of unbranched alkanes of at least 4 members (excludes halogenated alkanes) is 45. The first-order valence-corrected chi connectivity index (χ1v) is 29.8. The first-order chi connectivity index (χ1) is 32.0.